The Labute approximate surface area is 187 Å². The van der Waals surface area contributed by atoms with Gasteiger partial charge in [0.05, 0.1) is 11.6 Å². The first-order valence-corrected chi connectivity index (χ1v) is 11.1. The second-order valence-electron chi connectivity index (χ2n) is 9.19. The highest BCUT2D eigenvalue weighted by molar-refractivity contribution is 5.94. The number of para-hydroxylation sites is 1. The quantitative estimate of drug-likeness (QED) is 0.621. The molecule has 1 fully saturated rings. The van der Waals surface area contributed by atoms with Crippen molar-refractivity contribution in [3.8, 4) is 0 Å². The van der Waals surface area contributed by atoms with E-state index in [1.165, 1.54) is 6.42 Å². The summed E-state index contributed by atoms with van der Waals surface area (Å²) in [6, 6.07) is 10.2. The number of rotatable bonds is 5. The number of aromatic nitrogens is 2. The Balaban J connectivity index is 1.78. The Morgan fingerprint density at radius 1 is 1.19 bits per heavy atom. The maximum atomic E-state index is 13.0. The predicted molar refractivity (Wildman–Crippen MR) is 127 cm³/mol. The smallest absolute Gasteiger partial charge is 0.337 e. The Bertz CT molecular complexity index is 1210. The number of nitrogens with zero attached hydrogens (tertiary/aromatic N) is 3. The predicted octanol–water partition coefficient (Wildman–Crippen LogP) is 4.36. The molecule has 0 unspecified atom stereocenters. The lowest BCUT2D eigenvalue weighted by molar-refractivity contribution is 0.0698. The molecule has 0 spiro atoms. The van der Waals surface area contributed by atoms with Crippen molar-refractivity contribution < 1.29 is 9.90 Å². The summed E-state index contributed by atoms with van der Waals surface area (Å²) in [7, 11) is 0. The molecule has 3 heterocycles. The first kappa shape index (κ1) is 21.9. The molecule has 0 radical (unpaired) electrons. The number of benzene rings is 1. The number of aryl methyl sites for hydroxylation is 1. The highest BCUT2D eigenvalue weighted by Crippen LogP contribution is 2.28. The zero-order valence-electron chi connectivity index (χ0n) is 19.0. The lowest BCUT2D eigenvalue weighted by atomic mass is 9.92. The highest BCUT2D eigenvalue weighted by Gasteiger charge is 2.24. The van der Waals surface area contributed by atoms with Gasteiger partial charge in [0, 0.05) is 36.6 Å². The van der Waals surface area contributed by atoms with Gasteiger partial charge in [-0.15, -0.1) is 0 Å². The van der Waals surface area contributed by atoms with Crippen molar-refractivity contribution in [3.63, 3.8) is 0 Å². The van der Waals surface area contributed by atoms with Gasteiger partial charge in [0.2, 0.25) is 0 Å². The molecule has 1 saturated heterocycles. The summed E-state index contributed by atoms with van der Waals surface area (Å²) in [5.41, 5.74) is 3.00. The van der Waals surface area contributed by atoms with E-state index >= 15 is 0 Å². The van der Waals surface area contributed by atoms with Crippen LogP contribution in [0.1, 0.15) is 54.7 Å². The van der Waals surface area contributed by atoms with E-state index in [1.54, 1.807) is 40.9 Å². The van der Waals surface area contributed by atoms with E-state index in [2.05, 4.69) is 24.1 Å². The topological polar surface area (TPSA) is 86.9 Å². The molecule has 3 aromatic rings. The number of fused-ring (bicyclic) bond motifs is 1. The summed E-state index contributed by atoms with van der Waals surface area (Å²) in [6.07, 6.45) is 2.98. The first-order valence-electron chi connectivity index (χ1n) is 11.1. The van der Waals surface area contributed by atoms with Gasteiger partial charge < -0.3 is 15.3 Å². The number of hydrogen-bond acceptors (Lipinski definition) is 5. The van der Waals surface area contributed by atoms with Crippen LogP contribution in [-0.2, 0) is 0 Å². The third kappa shape index (κ3) is 4.33. The van der Waals surface area contributed by atoms with Gasteiger partial charge in [0.1, 0.15) is 11.5 Å². The van der Waals surface area contributed by atoms with Crippen molar-refractivity contribution in [1.82, 2.24) is 9.38 Å². The molecule has 7 heteroatoms. The van der Waals surface area contributed by atoms with E-state index in [-0.39, 0.29) is 17.2 Å². The van der Waals surface area contributed by atoms with E-state index < -0.39 is 5.97 Å². The Morgan fingerprint density at radius 3 is 2.56 bits per heavy atom. The Morgan fingerprint density at radius 2 is 1.88 bits per heavy atom. The number of piperidine rings is 1. The summed E-state index contributed by atoms with van der Waals surface area (Å²) in [4.78, 5) is 31.8. The zero-order chi connectivity index (χ0) is 23.0. The van der Waals surface area contributed by atoms with Crippen molar-refractivity contribution >= 4 is 23.1 Å². The second-order valence-corrected chi connectivity index (χ2v) is 9.19. The van der Waals surface area contributed by atoms with E-state index in [0.717, 1.165) is 24.2 Å². The number of carboxylic acids is 1. The third-order valence-electron chi connectivity index (χ3n) is 6.10. The molecule has 1 aromatic carbocycles. The summed E-state index contributed by atoms with van der Waals surface area (Å²) in [6.45, 7) is 10.1. The monoisotopic (exact) mass is 434 g/mol. The maximum Gasteiger partial charge on any atom is 0.337 e. The van der Waals surface area contributed by atoms with E-state index in [1.807, 2.05) is 19.9 Å². The average molecular weight is 435 g/mol. The van der Waals surface area contributed by atoms with E-state index in [9.17, 15) is 14.7 Å². The van der Waals surface area contributed by atoms with E-state index in [4.69, 9.17) is 4.98 Å². The number of carboxylic acid groups (broad SMARTS) is 1. The number of carbonyl (C=O) groups is 1. The molecule has 1 aliphatic heterocycles. The normalized spacial score (nSPS) is 19.7. The van der Waals surface area contributed by atoms with Crippen LogP contribution in [-0.4, -0.2) is 33.6 Å². The van der Waals surface area contributed by atoms with Crippen LogP contribution in [0.4, 0.5) is 11.5 Å². The van der Waals surface area contributed by atoms with Crippen LogP contribution < -0.4 is 15.8 Å². The van der Waals surface area contributed by atoms with Crippen LogP contribution in [0.15, 0.2) is 47.4 Å². The molecule has 0 aliphatic carbocycles. The lowest BCUT2D eigenvalue weighted by Gasteiger charge is -2.35. The molecule has 3 atom stereocenters. The summed E-state index contributed by atoms with van der Waals surface area (Å²) >= 11 is 0. The fraction of sp³-hybridized carbons (Fsp3) is 0.400. The zero-order valence-corrected chi connectivity index (χ0v) is 19.0. The number of nitrogens with one attached hydrogen (secondary N) is 1. The van der Waals surface area contributed by atoms with Crippen LogP contribution in [0.2, 0.25) is 0 Å². The molecule has 168 valence electrons. The number of pyridine rings is 1. The molecule has 4 rings (SSSR count). The molecule has 7 nitrogen and oxygen atoms in total. The molecular formula is C25H30N4O3. The molecule has 0 amide bonds. The molecular weight excluding hydrogens is 404 g/mol. The second kappa shape index (κ2) is 8.65. The van der Waals surface area contributed by atoms with Gasteiger partial charge in [-0.1, -0.05) is 26.0 Å². The van der Waals surface area contributed by atoms with Gasteiger partial charge in [-0.3, -0.25) is 9.20 Å². The van der Waals surface area contributed by atoms with Crippen LogP contribution in [0.3, 0.4) is 0 Å². The largest absolute Gasteiger partial charge is 0.478 e. The minimum atomic E-state index is -0.987. The van der Waals surface area contributed by atoms with Crippen molar-refractivity contribution in [3.05, 3.63) is 69.6 Å². The van der Waals surface area contributed by atoms with Crippen LogP contribution >= 0.6 is 0 Å². The van der Waals surface area contributed by atoms with Crippen molar-refractivity contribution in [2.24, 2.45) is 11.8 Å². The number of hydrogen-bond donors (Lipinski definition) is 2. The molecule has 1 aliphatic rings. The van der Waals surface area contributed by atoms with Gasteiger partial charge >= 0.3 is 5.97 Å². The van der Waals surface area contributed by atoms with Crippen molar-refractivity contribution in [2.75, 3.05) is 23.3 Å². The Hall–Kier alpha value is -3.35. The SMILES string of the molecule is Cc1cc([C@@H](C)Nc2ccccc2C(=O)O)c2nc(N3C[C@H](C)C[C@H](C)C3)cc(=O)n2c1. The standard InChI is InChI=1S/C25H30N4O3/c1-15-9-16(2)13-28(12-15)22-11-23(30)29-14-17(3)10-20(24(29)27-22)18(4)26-21-8-6-5-7-19(21)25(31)32/h5-8,10-11,14-16,18,26H,9,12-13H2,1-4H3,(H,31,32)/t15-,16+,18-/m1/s1. The van der Waals surface area contributed by atoms with Crippen LogP contribution in [0, 0.1) is 18.8 Å². The van der Waals surface area contributed by atoms with Gasteiger partial charge in [-0.2, -0.15) is 0 Å². The fourth-order valence-corrected chi connectivity index (χ4v) is 4.80. The van der Waals surface area contributed by atoms with E-state index in [0.29, 0.717) is 29.0 Å². The summed E-state index contributed by atoms with van der Waals surface area (Å²) < 4.78 is 1.59. The van der Waals surface area contributed by atoms with Crippen molar-refractivity contribution in [1.29, 1.82) is 0 Å². The fourth-order valence-electron chi connectivity index (χ4n) is 4.80. The first-order chi connectivity index (χ1) is 15.2. The maximum absolute atomic E-state index is 13.0. The van der Waals surface area contributed by atoms with Gasteiger partial charge in [-0.25, -0.2) is 9.78 Å². The summed E-state index contributed by atoms with van der Waals surface area (Å²) in [5, 5.41) is 12.8. The minimum absolute atomic E-state index is 0.112. The van der Waals surface area contributed by atoms with Gasteiger partial charge in [0.15, 0.2) is 0 Å². The molecule has 2 aromatic heterocycles. The minimum Gasteiger partial charge on any atom is -0.478 e. The van der Waals surface area contributed by atoms with Crippen LogP contribution in [0.5, 0.6) is 0 Å². The average Bonchev–Trinajstić information content (AvgIpc) is 2.73. The lowest BCUT2D eigenvalue weighted by Crippen LogP contribution is -2.40. The number of aromatic carboxylic acids is 1. The van der Waals surface area contributed by atoms with Crippen molar-refractivity contribution in [2.45, 2.75) is 40.2 Å². The molecule has 0 bridgehead atoms. The summed E-state index contributed by atoms with van der Waals surface area (Å²) in [5.74, 6) is 0.810. The molecule has 32 heavy (non-hydrogen) atoms. The highest BCUT2D eigenvalue weighted by atomic mass is 16.4. The Kier molecular flexibility index (Phi) is 5.91. The molecule has 0 saturated carbocycles. The third-order valence-corrected chi connectivity index (χ3v) is 6.10. The van der Waals surface area contributed by atoms with Crippen LogP contribution in [0.25, 0.3) is 5.65 Å². The van der Waals surface area contributed by atoms with Gasteiger partial charge in [0.25, 0.3) is 5.56 Å². The van der Waals surface area contributed by atoms with Gasteiger partial charge in [-0.05, 0) is 55.9 Å². The number of anilines is 2. The molecule has 2 N–H and O–H groups in total.